The normalized spacial score (nSPS) is 13.0. The van der Waals surface area contributed by atoms with Gasteiger partial charge in [-0.2, -0.15) is 0 Å². The van der Waals surface area contributed by atoms with Crippen LogP contribution in [-0.4, -0.2) is 8.07 Å². The molecule has 0 bridgehead atoms. The molecule has 17 heavy (non-hydrogen) atoms. The topological polar surface area (TPSA) is 0 Å². The van der Waals surface area contributed by atoms with Gasteiger partial charge in [-0.3, -0.25) is 0 Å². The van der Waals surface area contributed by atoms with Crippen molar-refractivity contribution in [2.45, 2.75) is 33.9 Å². The summed E-state index contributed by atoms with van der Waals surface area (Å²) in [4.78, 5) is 0. The van der Waals surface area contributed by atoms with Crippen molar-refractivity contribution in [2.75, 3.05) is 0 Å². The molecule has 0 fully saturated rings. The van der Waals surface area contributed by atoms with E-state index in [1.165, 1.54) is 10.4 Å². The lowest BCUT2D eigenvalue weighted by atomic mass is 9.96. The standard InChI is InChI=1S/C16H24Si/c1-14(12-13-16(2,3)4)17(5,6)15-10-8-7-9-11-15/h7-13H,1H2,2-6H3/b13-12+. The molecule has 0 nitrogen and oxygen atoms in total. The van der Waals surface area contributed by atoms with Crippen LogP contribution < -0.4 is 5.19 Å². The van der Waals surface area contributed by atoms with Crippen LogP contribution in [0, 0.1) is 5.41 Å². The van der Waals surface area contributed by atoms with E-state index in [1.54, 1.807) is 0 Å². The molecule has 1 aromatic rings. The zero-order valence-corrected chi connectivity index (χ0v) is 12.7. The number of allylic oxidation sites excluding steroid dienone is 3. The molecule has 0 unspecified atom stereocenters. The van der Waals surface area contributed by atoms with Gasteiger partial charge in [0.1, 0.15) is 8.07 Å². The molecule has 0 radical (unpaired) electrons. The summed E-state index contributed by atoms with van der Waals surface area (Å²) >= 11 is 0. The van der Waals surface area contributed by atoms with E-state index in [4.69, 9.17) is 0 Å². The molecule has 1 rings (SSSR count). The maximum absolute atomic E-state index is 4.28. The summed E-state index contributed by atoms with van der Waals surface area (Å²) < 4.78 is 0. The molecule has 0 saturated heterocycles. The van der Waals surface area contributed by atoms with Gasteiger partial charge in [0.15, 0.2) is 0 Å². The third-order valence-corrected chi connectivity index (χ3v) is 6.63. The second-order valence-corrected chi connectivity index (χ2v) is 10.7. The molecular formula is C16H24Si. The molecule has 0 aromatic heterocycles. The van der Waals surface area contributed by atoms with Gasteiger partial charge in [-0.25, -0.2) is 0 Å². The third kappa shape index (κ3) is 4.01. The van der Waals surface area contributed by atoms with Gasteiger partial charge >= 0.3 is 0 Å². The van der Waals surface area contributed by atoms with Crippen LogP contribution in [0.15, 0.2) is 54.3 Å². The van der Waals surface area contributed by atoms with E-state index in [2.05, 4.69) is 82.9 Å². The predicted molar refractivity (Wildman–Crippen MR) is 81.3 cm³/mol. The van der Waals surface area contributed by atoms with Crippen LogP contribution in [0.5, 0.6) is 0 Å². The molecule has 0 aliphatic heterocycles. The first-order chi connectivity index (χ1) is 7.73. The second-order valence-electron chi connectivity index (χ2n) is 6.22. The van der Waals surface area contributed by atoms with Crippen molar-refractivity contribution < 1.29 is 0 Å². The summed E-state index contributed by atoms with van der Waals surface area (Å²) in [5, 5.41) is 2.74. The Morgan fingerprint density at radius 2 is 1.65 bits per heavy atom. The molecule has 0 N–H and O–H groups in total. The van der Waals surface area contributed by atoms with E-state index < -0.39 is 8.07 Å². The Morgan fingerprint density at radius 3 is 2.12 bits per heavy atom. The summed E-state index contributed by atoms with van der Waals surface area (Å²) in [7, 11) is -1.56. The highest BCUT2D eigenvalue weighted by Gasteiger charge is 2.25. The molecule has 92 valence electrons. The van der Waals surface area contributed by atoms with Crippen LogP contribution in [0.2, 0.25) is 13.1 Å². The molecule has 0 atom stereocenters. The first-order valence-corrected chi connectivity index (χ1v) is 9.17. The van der Waals surface area contributed by atoms with Crippen LogP contribution in [-0.2, 0) is 0 Å². The van der Waals surface area contributed by atoms with Gasteiger partial charge in [-0.05, 0) is 5.41 Å². The van der Waals surface area contributed by atoms with Gasteiger partial charge in [-0.1, -0.05) is 93.3 Å². The Hall–Kier alpha value is -1.08. The van der Waals surface area contributed by atoms with Gasteiger partial charge < -0.3 is 0 Å². The van der Waals surface area contributed by atoms with E-state index in [0.717, 1.165) is 0 Å². The van der Waals surface area contributed by atoms with E-state index in [1.807, 2.05) is 0 Å². The van der Waals surface area contributed by atoms with Crippen LogP contribution >= 0.6 is 0 Å². The Morgan fingerprint density at radius 1 is 1.12 bits per heavy atom. The minimum Gasteiger partial charge on any atom is -0.0994 e. The Balaban J connectivity index is 2.92. The van der Waals surface area contributed by atoms with E-state index in [0.29, 0.717) is 0 Å². The largest absolute Gasteiger partial charge is 0.111 e. The lowest BCUT2D eigenvalue weighted by Crippen LogP contribution is -2.42. The Bertz CT molecular complexity index is 405. The summed E-state index contributed by atoms with van der Waals surface area (Å²) in [5.41, 5.74) is 0.226. The molecule has 0 aliphatic carbocycles. The van der Waals surface area contributed by atoms with Gasteiger partial charge in [0, 0.05) is 0 Å². The molecular weight excluding hydrogens is 220 g/mol. The van der Waals surface area contributed by atoms with Crippen molar-refractivity contribution in [3.63, 3.8) is 0 Å². The van der Waals surface area contributed by atoms with Gasteiger partial charge in [0.05, 0.1) is 0 Å². The summed E-state index contributed by atoms with van der Waals surface area (Å²) in [5.74, 6) is 0. The van der Waals surface area contributed by atoms with Gasteiger partial charge in [-0.15, -0.1) is 0 Å². The lowest BCUT2D eigenvalue weighted by Gasteiger charge is -2.24. The Labute approximate surface area is 107 Å². The van der Waals surface area contributed by atoms with Crippen LogP contribution in [0.1, 0.15) is 20.8 Å². The fourth-order valence-corrected chi connectivity index (χ4v) is 3.50. The smallest absolute Gasteiger partial charge is 0.0994 e. The predicted octanol–water partition coefficient (Wildman–Crippen LogP) is 4.30. The second kappa shape index (κ2) is 5.05. The highest BCUT2D eigenvalue weighted by Crippen LogP contribution is 2.20. The molecule has 0 amide bonds. The van der Waals surface area contributed by atoms with Gasteiger partial charge in [0.2, 0.25) is 0 Å². The van der Waals surface area contributed by atoms with Crippen molar-refractivity contribution in [1.29, 1.82) is 0 Å². The van der Waals surface area contributed by atoms with Gasteiger partial charge in [0.25, 0.3) is 0 Å². The zero-order chi connectivity index (χ0) is 13.1. The Kier molecular flexibility index (Phi) is 4.15. The first kappa shape index (κ1) is 14.0. The van der Waals surface area contributed by atoms with E-state index in [9.17, 15) is 0 Å². The quantitative estimate of drug-likeness (QED) is 0.549. The SMILES string of the molecule is C=C(/C=C/C(C)(C)C)[Si](C)(C)c1ccccc1. The van der Waals surface area contributed by atoms with E-state index in [-0.39, 0.29) is 5.41 Å². The highest BCUT2D eigenvalue weighted by atomic mass is 28.3. The summed E-state index contributed by atoms with van der Waals surface area (Å²) in [6.07, 6.45) is 4.48. The fourth-order valence-electron chi connectivity index (χ4n) is 1.60. The maximum Gasteiger partial charge on any atom is 0.111 e. The van der Waals surface area contributed by atoms with Crippen molar-refractivity contribution in [2.24, 2.45) is 5.41 Å². The molecule has 0 saturated carbocycles. The summed E-state index contributed by atoms with van der Waals surface area (Å²) in [6.45, 7) is 15.6. The van der Waals surface area contributed by atoms with Crippen molar-refractivity contribution in [1.82, 2.24) is 0 Å². The monoisotopic (exact) mass is 244 g/mol. The fraction of sp³-hybridized carbons (Fsp3) is 0.375. The van der Waals surface area contributed by atoms with Crippen molar-refractivity contribution in [3.8, 4) is 0 Å². The molecule has 0 spiro atoms. The number of hydrogen-bond acceptors (Lipinski definition) is 0. The lowest BCUT2D eigenvalue weighted by molar-refractivity contribution is 0.544. The minimum absolute atomic E-state index is 0.226. The third-order valence-electron chi connectivity index (χ3n) is 3.08. The number of hydrogen-bond donors (Lipinski definition) is 0. The number of benzene rings is 1. The highest BCUT2D eigenvalue weighted by molar-refractivity contribution is 6.96. The van der Waals surface area contributed by atoms with Crippen molar-refractivity contribution >= 4 is 13.3 Å². The molecule has 0 aliphatic rings. The van der Waals surface area contributed by atoms with Crippen LogP contribution in [0.25, 0.3) is 0 Å². The average Bonchev–Trinajstić information content (AvgIpc) is 2.26. The molecule has 1 heteroatoms. The van der Waals surface area contributed by atoms with E-state index >= 15 is 0 Å². The average molecular weight is 244 g/mol. The first-order valence-electron chi connectivity index (χ1n) is 6.17. The van der Waals surface area contributed by atoms with Crippen LogP contribution in [0.4, 0.5) is 0 Å². The maximum atomic E-state index is 4.28. The minimum atomic E-state index is -1.56. The summed E-state index contributed by atoms with van der Waals surface area (Å²) in [6, 6.07) is 10.8. The van der Waals surface area contributed by atoms with Crippen molar-refractivity contribution in [3.05, 3.63) is 54.3 Å². The molecule has 1 aromatic carbocycles. The zero-order valence-electron chi connectivity index (χ0n) is 11.7. The molecule has 0 heterocycles. The van der Waals surface area contributed by atoms with Crippen LogP contribution in [0.3, 0.4) is 0 Å². The number of rotatable bonds is 3.